The Kier molecular flexibility index (Phi) is 11.8. The van der Waals surface area contributed by atoms with Crippen LogP contribution >= 0.6 is 0 Å². The third-order valence-corrected chi connectivity index (χ3v) is 13.5. The molecule has 0 amide bonds. The summed E-state index contributed by atoms with van der Waals surface area (Å²) in [5, 5.41) is 5.85. The minimum Gasteiger partial charge on any atom is -0.500 e. The van der Waals surface area contributed by atoms with Crippen LogP contribution in [0, 0.1) is 12.1 Å². The third kappa shape index (κ3) is 8.04. The van der Waals surface area contributed by atoms with Gasteiger partial charge in [-0.2, -0.15) is 0 Å². The molecule has 10 rings (SSSR count). The van der Waals surface area contributed by atoms with Gasteiger partial charge in [-0.1, -0.05) is 149 Å². The molecule has 0 unspecified atom stereocenters. The molecule has 0 fully saturated rings. The van der Waals surface area contributed by atoms with Gasteiger partial charge in [0, 0.05) is 42.8 Å². The monoisotopic (exact) mass is 988 g/mol. The summed E-state index contributed by atoms with van der Waals surface area (Å²) in [5.41, 5.74) is 12.9. The first-order chi connectivity index (χ1) is 29.1. The van der Waals surface area contributed by atoms with Crippen LogP contribution in [0.3, 0.4) is 0 Å². The second-order valence-electron chi connectivity index (χ2n) is 17.3. The fourth-order valence-electron chi connectivity index (χ4n) is 8.22. The number of pyridine rings is 1. The molecule has 0 N–H and O–H groups in total. The third-order valence-electron chi connectivity index (χ3n) is 11.5. The molecule has 1 radical (unpaired) electrons. The summed E-state index contributed by atoms with van der Waals surface area (Å²) in [6, 6.07) is 59.8. The maximum Gasteiger partial charge on any atom is 0.128 e. The maximum atomic E-state index is 6.79. The number of rotatable bonds is 7. The van der Waals surface area contributed by atoms with Crippen LogP contribution in [0.4, 0.5) is 0 Å². The van der Waals surface area contributed by atoms with Gasteiger partial charge in [-0.05, 0) is 74.6 Å². The van der Waals surface area contributed by atoms with Gasteiger partial charge in [-0.25, -0.2) is 0 Å². The van der Waals surface area contributed by atoms with Crippen molar-refractivity contribution < 1.29 is 24.5 Å². The fraction of sp³-hybridized carbons (Fsp3) is 0.164. The summed E-state index contributed by atoms with van der Waals surface area (Å²) >= 11 is 0. The average molecular weight is 988 g/mol. The zero-order chi connectivity index (χ0) is 41.5. The number of hydrogen-bond acceptors (Lipinski definition) is 3. The molecule has 0 saturated carbocycles. The quantitative estimate of drug-likeness (QED) is 0.118. The predicted octanol–water partition coefficient (Wildman–Crippen LogP) is 14.6. The first-order valence-corrected chi connectivity index (χ1v) is 24.5. The molecule has 3 aromatic heterocycles. The summed E-state index contributed by atoms with van der Waals surface area (Å²) in [6.45, 7) is 16.1. The predicted molar refractivity (Wildman–Crippen MR) is 255 cm³/mol. The fourth-order valence-corrected chi connectivity index (χ4v) is 9.26. The molecule has 0 aliphatic heterocycles. The van der Waals surface area contributed by atoms with Crippen LogP contribution in [-0.2, 0) is 20.1 Å². The van der Waals surface area contributed by atoms with Crippen molar-refractivity contribution >= 4 is 57.0 Å². The summed E-state index contributed by atoms with van der Waals surface area (Å²) in [4.78, 5) is 9.81. The standard InChI is InChI=1S/C41H33N2O.C14H16NSi.Ir/c1-25(2)34-23-29(27-13-6-5-7-14-27)24-35(26(3)4)38(34)43-37-20-11-10-19-36(37)42-41(43)33-18-12-17-31-32-22-21-28-15-8-9-16-30(28)39(32)44-40(31)33;1-16(2,3)13-9-10-14(15-11-13)12-7-5-4-6-8-12;/h5-17,19-26H,1-4H3;4-7,9-11H,1-3H3;/q2*-1;. The molecule has 0 atom stereocenters. The van der Waals surface area contributed by atoms with E-state index >= 15 is 0 Å². The Morgan fingerprint density at radius 3 is 1.98 bits per heavy atom. The first kappa shape index (κ1) is 41.8. The van der Waals surface area contributed by atoms with Crippen molar-refractivity contribution in [1.29, 1.82) is 0 Å². The van der Waals surface area contributed by atoms with Crippen LogP contribution in [0.5, 0.6) is 0 Å². The molecule has 3 heterocycles. The molecule has 0 aliphatic rings. The van der Waals surface area contributed by atoms with E-state index in [9.17, 15) is 0 Å². The SMILES string of the molecule is CC(C)c1cc(-c2ccccc2)cc(C(C)C)c1-n1c(-c2[c-]ccc3c2oc2c4ccccc4ccc32)nc2ccccc21.C[Si](C)(C)c1ccc(-c2[c-]cccc2)nc1.[Ir]. The Bertz CT molecular complexity index is 3090. The molecule has 0 spiro atoms. The van der Waals surface area contributed by atoms with Gasteiger partial charge in [-0.3, -0.25) is 4.98 Å². The molecular formula is C55H49IrN3OSi-2. The molecule has 61 heavy (non-hydrogen) atoms. The average Bonchev–Trinajstić information content (AvgIpc) is 3.86. The Morgan fingerprint density at radius 1 is 0.607 bits per heavy atom. The van der Waals surface area contributed by atoms with Crippen LogP contribution < -0.4 is 5.19 Å². The number of imidazole rings is 1. The van der Waals surface area contributed by atoms with Gasteiger partial charge in [-0.15, -0.1) is 54.1 Å². The second kappa shape index (κ2) is 17.2. The second-order valence-corrected chi connectivity index (χ2v) is 22.3. The number of hydrogen-bond donors (Lipinski definition) is 0. The van der Waals surface area contributed by atoms with E-state index in [0.29, 0.717) is 0 Å². The summed E-state index contributed by atoms with van der Waals surface area (Å²) in [5.74, 6) is 1.42. The Balaban J connectivity index is 0.000000255. The number of fused-ring (bicyclic) bond motifs is 6. The summed E-state index contributed by atoms with van der Waals surface area (Å²) in [6.07, 6.45) is 2.02. The van der Waals surface area contributed by atoms with Gasteiger partial charge in [0.1, 0.15) is 5.58 Å². The minimum absolute atomic E-state index is 0. The molecule has 4 nitrogen and oxygen atoms in total. The van der Waals surface area contributed by atoms with Gasteiger partial charge in [0.05, 0.1) is 30.5 Å². The van der Waals surface area contributed by atoms with Gasteiger partial charge in [0.25, 0.3) is 0 Å². The van der Waals surface area contributed by atoms with E-state index in [-0.39, 0.29) is 31.9 Å². The van der Waals surface area contributed by atoms with Crippen molar-refractivity contribution in [3.05, 3.63) is 181 Å². The van der Waals surface area contributed by atoms with E-state index in [0.717, 1.165) is 61.0 Å². The van der Waals surface area contributed by atoms with Crippen molar-refractivity contribution in [3.63, 3.8) is 0 Å². The minimum atomic E-state index is -1.23. The van der Waals surface area contributed by atoms with Crippen LogP contribution in [0.25, 0.3) is 83.2 Å². The van der Waals surface area contributed by atoms with Crippen molar-refractivity contribution in [2.75, 3.05) is 0 Å². The van der Waals surface area contributed by atoms with E-state index in [4.69, 9.17) is 9.40 Å². The van der Waals surface area contributed by atoms with Gasteiger partial charge in [0.15, 0.2) is 0 Å². The molecular weight excluding hydrogens is 939 g/mol. The van der Waals surface area contributed by atoms with E-state index in [1.54, 1.807) is 0 Å². The molecule has 6 heteroatoms. The Morgan fingerprint density at radius 2 is 1.30 bits per heavy atom. The van der Waals surface area contributed by atoms with Crippen LogP contribution in [0.2, 0.25) is 19.6 Å². The number of aromatic nitrogens is 3. The first-order valence-electron chi connectivity index (χ1n) is 21.0. The van der Waals surface area contributed by atoms with Gasteiger partial charge < -0.3 is 14.0 Å². The van der Waals surface area contributed by atoms with Crippen molar-refractivity contribution in [2.45, 2.75) is 59.2 Å². The topological polar surface area (TPSA) is 43.9 Å². The van der Waals surface area contributed by atoms with Crippen molar-refractivity contribution in [3.8, 4) is 39.5 Å². The largest absolute Gasteiger partial charge is 0.500 e. The van der Waals surface area contributed by atoms with Crippen LogP contribution in [0.15, 0.2) is 162 Å². The maximum absolute atomic E-state index is 6.79. The molecule has 0 aliphatic carbocycles. The van der Waals surface area contributed by atoms with E-state index < -0.39 is 8.07 Å². The van der Waals surface area contributed by atoms with Gasteiger partial charge >= 0.3 is 0 Å². The number of benzene rings is 7. The molecule has 7 aromatic carbocycles. The number of para-hydroxylation sites is 2. The normalized spacial score (nSPS) is 11.7. The molecule has 0 bridgehead atoms. The summed E-state index contributed by atoms with van der Waals surface area (Å²) in [7, 11) is -1.23. The van der Waals surface area contributed by atoms with E-state index in [1.807, 2.05) is 36.5 Å². The van der Waals surface area contributed by atoms with Gasteiger partial charge in [0.2, 0.25) is 0 Å². The zero-order valence-corrected chi connectivity index (χ0v) is 39.1. The van der Waals surface area contributed by atoms with E-state index in [1.165, 1.54) is 38.5 Å². The van der Waals surface area contributed by atoms with Crippen LogP contribution in [0.1, 0.15) is 50.7 Å². The zero-order valence-electron chi connectivity index (χ0n) is 35.7. The number of nitrogens with zero attached hydrogens (tertiary/aromatic N) is 3. The van der Waals surface area contributed by atoms with Crippen molar-refractivity contribution in [1.82, 2.24) is 14.5 Å². The Labute approximate surface area is 373 Å². The van der Waals surface area contributed by atoms with E-state index in [2.05, 4.69) is 190 Å². The molecule has 10 aromatic rings. The van der Waals surface area contributed by atoms with Crippen LogP contribution in [-0.4, -0.2) is 22.6 Å². The Hall–Kier alpha value is -5.91. The molecule has 0 saturated heterocycles. The smallest absolute Gasteiger partial charge is 0.128 e. The van der Waals surface area contributed by atoms with Crippen molar-refractivity contribution in [2.24, 2.45) is 0 Å². The summed E-state index contributed by atoms with van der Waals surface area (Å²) < 4.78 is 9.15. The molecule has 305 valence electrons. The number of furan rings is 1.